The van der Waals surface area contributed by atoms with E-state index in [-0.39, 0.29) is 5.92 Å². The van der Waals surface area contributed by atoms with Crippen LogP contribution in [0.2, 0.25) is 0 Å². The summed E-state index contributed by atoms with van der Waals surface area (Å²) in [5, 5.41) is 0. The predicted octanol–water partition coefficient (Wildman–Crippen LogP) is 3.03. The van der Waals surface area contributed by atoms with Gasteiger partial charge in [-0.3, -0.25) is 0 Å². The molecule has 0 fully saturated rings. The van der Waals surface area contributed by atoms with Crippen LogP contribution in [0.15, 0.2) is 18.2 Å². The minimum atomic E-state index is -4.33. The number of benzene rings is 1. The van der Waals surface area contributed by atoms with Crippen molar-refractivity contribution in [3.05, 3.63) is 29.6 Å². The SMILES string of the molecule is CC(CCN)c1nc2ccc(C(F)(F)F)cc2[nH]1. The first kappa shape index (κ1) is 12.9. The molecule has 1 aromatic heterocycles. The zero-order chi connectivity index (χ0) is 13.3. The minimum Gasteiger partial charge on any atom is -0.342 e. The lowest BCUT2D eigenvalue weighted by Gasteiger charge is -2.05. The highest BCUT2D eigenvalue weighted by atomic mass is 19.4. The maximum atomic E-state index is 12.6. The molecule has 3 nitrogen and oxygen atoms in total. The van der Waals surface area contributed by atoms with E-state index in [9.17, 15) is 13.2 Å². The summed E-state index contributed by atoms with van der Waals surface area (Å²) < 4.78 is 37.7. The molecule has 0 saturated carbocycles. The van der Waals surface area contributed by atoms with E-state index in [0.717, 1.165) is 18.6 Å². The summed E-state index contributed by atoms with van der Waals surface area (Å²) in [6.07, 6.45) is -3.59. The molecule has 2 aromatic rings. The average Bonchev–Trinajstić information content (AvgIpc) is 2.70. The van der Waals surface area contributed by atoms with Gasteiger partial charge >= 0.3 is 6.18 Å². The highest BCUT2D eigenvalue weighted by Gasteiger charge is 2.30. The van der Waals surface area contributed by atoms with E-state index in [0.29, 0.717) is 23.4 Å². The van der Waals surface area contributed by atoms with Crippen LogP contribution in [0, 0.1) is 0 Å². The van der Waals surface area contributed by atoms with E-state index in [4.69, 9.17) is 5.73 Å². The van der Waals surface area contributed by atoms with Crippen molar-refractivity contribution in [3.8, 4) is 0 Å². The largest absolute Gasteiger partial charge is 0.416 e. The van der Waals surface area contributed by atoms with Gasteiger partial charge in [0.05, 0.1) is 16.6 Å². The first-order valence-corrected chi connectivity index (χ1v) is 5.68. The van der Waals surface area contributed by atoms with Crippen LogP contribution in [0.1, 0.15) is 30.7 Å². The molecule has 0 aliphatic heterocycles. The van der Waals surface area contributed by atoms with E-state index < -0.39 is 11.7 Å². The summed E-state index contributed by atoms with van der Waals surface area (Å²) in [6, 6.07) is 3.51. The van der Waals surface area contributed by atoms with Gasteiger partial charge in [0.2, 0.25) is 0 Å². The van der Waals surface area contributed by atoms with Crippen molar-refractivity contribution in [1.82, 2.24) is 9.97 Å². The second kappa shape index (κ2) is 4.61. The number of hydrogen-bond donors (Lipinski definition) is 2. The smallest absolute Gasteiger partial charge is 0.342 e. The molecule has 18 heavy (non-hydrogen) atoms. The maximum absolute atomic E-state index is 12.6. The first-order chi connectivity index (χ1) is 8.41. The van der Waals surface area contributed by atoms with Crippen molar-refractivity contribution < 1.29 is 13.2 Å². The number of aromatic amines is 1. The van der Waals surface area contributed by atoms with Crippen molar-refractivity contribution >= 4 is 11.0 Å². The first-order valence-electron chi connectivity index (χ1n) is 5.68. The molecule has 0 bridgehead atoms. The van der Waals surface area contributed by atoms with E-state index in [1.165, 1.54) is 6.07 Å². The number of nitrogens with two attached hydrogens (primary N) is 1. The number of nitrogens with zero attached hydrogens (tertiary/aromatic N) is 1. The Morgan fingerprint density at radius 1 is 1.39 bits per heavy atom. The van der Waals surface area contributed by atoms with Crippen LogP contribution < -0.4 is 5.73 Å². The molecular weight excluding hydrogens is 243 g/mol. The minimum absolute atomic E-state index is 0.108. The van der Waals surface area contributed by atoms with E-state index in [2.05, 4.69) is 9.97 Å². The van der Waals surface area contributed by atoms with Gasteiger partial charge in [-0.1, -0.05) is 6.92 Å². The quantitative estimate of drug-likeness (QED) is 0.888. The number of aromatic nitrogens is 2. The van der Waals surface area contributed by atoms with Gasteiger partial charge in [0.1, 0.15) is 5.82 Å². The zero-order valence-electron chi connectivity index (χ0n) is 9.88. The van der Waals surface area contributed by atoms with Crippen LogP contribution in [0.4, 0.5) is 13.2 Å². The highest BCUT2D eigenvalue weighted by molar-refractivity contribution is 5.76. The molecule has 1 aromatic carbocycles. The van der Waals surface area contributed by atoms with Gasteiger partial charge < -0.3 is 10.7 Å². The predicted molar refractivity (Wildman–Crippen MR) is 63.2 cm³/mol. The molecule has 1 unspecified atom stereocenters. The van der Waals surface area contributed by atoms with Gasteiger partial charge in [-0.05, 0) is 31.2 Å². The normalized spacial score (nSPS) is 14.1. The summed E-state index contributed by atoms with van der Waals surface area (Å²) in [7, 11) is 0. The number of rotatable bonds is 3. The Balaban J connectivity index is 2.40. The lowest BCUT2D eigenvalue weighted by molar-refractivity contribution is -0.137. The van der Waals surface area contributed by atoms with Crippen LogP contribution in [0.25, 0.3) is 11.0 Å². The Bertz CT molecular complexity index is 545. The molecule has 1 heterocycles. The van der Waals surface area contributed by atoms with Crippen molar-refractivity contribution in [2.24, 2.45) is 5.73 Å². The topological polar surface area (TPSA) is 54.7 Å². The van der Waals surface area contributed by atoms with Crippen LogP contribution in [0.5, 0.6) is 0 Å². The molecule has 2 rings (SSSR count). The average molecular weight is 257 g/mol. The molecule has 0 radical (unpaired) electrons. The number of imidazole rings is 1. The number of nitrogens with one attached hydrogen (secondary N) is 1. The van der Waals surface area contributed by atoms with Crippen molar-refractivity contribution in [3.63, 3.8) is 0 Å². The zero-order valence-corrected chi connectivity index (χ0v) is 9.88. The highest BCUT2D eigenvalue weighted by Crippen LogP contribution is 2.31. The molecule has 3 N–H and O–H groups in total. The van der Waals surface area contributed by atoms with Crippen LogP contribution >= 0.6 is 0 Å². The second-order valence-corrected chi connectivity index (χ2v) is 4.33. The van der Waals surface area contributed by atoms with E-state index >= 15 is 0 Å². The fourth-order valence-electron chi connectivity index (χ4n) is 1.83. The van der Waals surface area contributed by atoms with Gasteiger partial charge in [0.25, 0.3) is 0 Å². The molecule has 0 spiro atoms. The number of H-pyrrole nitrogens is 1. The molecule has 0 aliphatic carbocycles. The fourth-order valence-corrected chi connectivity index (χ4v) is 1.83. The second-order valence-electron chi connectivity index (χ2n) is 4.33. The van der Waals surface area contributed by atoms with Gasteiger partial charge in [0.15, 0.2) is 0 Å². The van der Waals surface area contributed by atoms with E-state index in [1.54, 1.807) is 0 Å². The molecule has 98 valence electrons. The summed E-state index contributed by atoms with van der Waals surface area (Å²) in [5.41, 5.74) is 5.73. The molecule has 1 atom stereocenters. The number of halogens is 3. The van der Waals surface area contributed by atoms with Gasteiger partial charge in [0, 0.05) is 5.92 Å². The van der Waals surface area contributed by atoms with Crippen molar-refractivity contribution in [2.45, 2.75) is 25.4 Å². The summed E-state index contributed by atoms with van der Waals surface area (Å²) in [6.45, 7) is 2.46. The molecule has 0 saturated heterocycles. The lowest BCUT2D eigenvalue weighted by Crippen LogP contribution is -2.05. The van der Waals surface area contributed by atoms with Gasteiger partial charge in [-0.15, -0.1) is 0 Å². The van der Waals surface area contributed by atoms with Crippen LogP contribution in [-0.4, -0.2) is 16.5 Å². The van der Waals surface area contributed by atoms with Crippen molar-refractivity contribution in [2.75, 3.05) is 6.54 Å². The number of alkyl halides is 3. The third-order valence-electron chi connectivity index (χ3n) is 2.89. The summed E-state index contributed by atoms with van der Waals surface area (Å²) in [5.74, 6) is 0.784. The summed E-state index contributed by atoms with van der Waals surface area (Å²) in [4.78, 5) is 7.20. The van der Waals surface area contributed by atoms with E-state index in [1.807, 2.05) is 6.92 Å². The standard InChI is InChI=1S/C12H14F3N3/c1-7(4-5-16)11-17-9-3-2-8(12(13,14)15)6-10(9)18-11/h2-3,6-7H,4-5,16H2,1H3,(H,17,18). The molecular formula is C12H14F3N3. The fraction of sp³-hybridized carbons (Fsp3) is 0.417. The molecule has 0 amide bonds. The number of fused-ring (bicyclic) bond motifs is 1. The molecule has 6 heteroatoms. The van der Waals surface area contributed by atoms with Gasteiger partial charge in [-0.2, -0.15) is 13.2 Å². The Labute approximate surface area is 102 Å². The Hall–Kier alpha value is -1.56. The summed E-state index contributed by atoms with van der Waals surface area (Å²) >= 11 is 0. The molecule has 0 aliphatic rings. The third-order valence-corrected chi connectivity index (χ3v) is 2.89. The Morgan fingerprint density at radius 3 is 2.72 bits per heavy atom. The van der Waals surface area contributed by atoms with Crippen molar-refractivity contribution in [1.29, 1.82) is 0 Å². The van der Waals surface area contributed by atoms with Gasteiger partial charge in [-0.25, -0.2) is 4.98 Å². The van der Waals surface area contributed by atoms with Crippen LogP contribution in [-0.2, 0) is 6.18 Å². The maximum Gasteiger partial charge on any atom is 0.416 e. The lowest BCUT2D eigenvalue weighted by atomic mass is 10.1. The third kappa shape index (κ3) is 2.48. The monoisotopic (exact) mass is 257 g/mol. The Morgan fingerprint density at radius 2 is 2.11 bits per heavy atom. The Kier molecular flexibility index (Phi) is 3.30. The van der Waals surface area contributed by atoms with Crippen LogP contribution in [0.3, 0.4) is 0 Å². The number of hydrogen-bond acceptors (Lipinski definition) is 2.